The van der Waals surface area contributed by atoms with Gasteiger partial charge in [-0.3, -0.25) is 14.4 Å². The van der Waals surface area contributed by atoms with Crippen LogP contribution in [0.5, 0.6) is 0 Å². The van der Waals surface area contributed by atoms with Gasteiger partial charge in [-0.15, -0.1) is 0 Å². The average Bonchev–Trinajstić information content (AvgIpc) is 3.04. The molecule has 1 aliphatic carbocycles. The molecule has 0 spiro atoms. The number of carboxylic acids is 1. The Morgan fingerprint density at radius 1 is 1.23 bits per heavy atom. The number of nitrogens with one attached hydrogen (secondary N) is 1. The predicted octanol–water partition coefficient (Wildman–Crippen LogP) is 3.77. The van der Waals surface area contributed by atoms with Crippen molar-refractivity contribution >= 4 is 34.4 Å². The second-order valence-corrected chi connectivity index (χ2v) is 8.44. The molecule has 1 aromatic carbocycles. The number of hydrogen-bond donors (Lipinski definition) is 2. The number of hydrogen-bond acceptors (Lipinski definition) is 4. The van der Waals surface area contributed by atoms with Crippen molar-refractivity contribution in [3.05, 3.63) is 68.9 Å². The van der Waals surface area contributed by atoms with E-state index >= 15 is 0 Å². The topological polar surface area (TPSA) is 104 Å². The van der Waals surface area contributed by atoms with Gasteiger partial charge in [-0.2, -0.15) is 0 Å². The number of aromatic amines is 1. The molecule has 0 saturated heterocycles. The average molecular weight is 427 g/mol. The van der Waals surface area contributed by atoms with E-state index in [1.165, 1.54) is 12.3 Å². The molecule has 5 rings (SSSR count). The van der Waals surface area contributed by atoms with Crippen LogP contribution in [0.15, 0.2) is 45.8 Å². The highest BCUT2D eigenvalue weighted by molar-refractivity contribution is 6.31. The van der Waals surface area contributed by atoms with Crippen molar-refractivity contribution in [2.75, 3.05) is 6.54 Å². The third-order valence-corrected chi connectivity index (χ3v) is 6.69. The highest BCUT2D eigenvalue weighted by atomic mass is 35.5. The van der Waals surface area contributed by atoms with Crippen molar-refractivity contribution in [3.8, 4) is 0 Å². The molecule has 2 N–H and O–H groups in total. The van der Waals surface area contributed by atoms with Crippen molar-refractivity contribution in [1.82, 2.24) is 9.88 Å². The van der Waals surface area contributed by atoms with E-state index in [1.807, 2.05) is 12.1 Å². The van der Waals surface area contributed by atoms with Gasteiger partial charge in [-0.25, -0.2) is 0 Å². The number of fused-ring (bicyclic) bond motifs is 3. The summed E-state index contributed by atoms with van der Waals surface area (Å²) in [6, 6.07) is 7.20. The molecule has 0 bridgehead atoms. The zero-order valence-corrected chi connectivity index (χ0v) is 16.7. The normalized spacial score (nSPS) is 19.9. The van der Waals surface area contributed by atoms with Crippen LogP contribution in [0.2, 0.25) is 5.02 Å². The number of aliphatic carboxylic acids is 1. The lowest BCUT2D eigenvalue weighted by Crippen LogP contribution is -2.54. The molecular weight excluding hydrogens is 408 g/mol. The van der Waals surface area contributed by atoms with Crippen LogP contribution in [0, 0.1) is 5.41 Å². The lowest BCUT2D eigenvalue weighted by Gasteiger charge is -2.50. The van der Waals surface area contributed by atoms with Gasteiger partial charge in [0, 0.05) is 40.3 Å². The van der Waals surface area contributed by atoms with Gasteiger partial charge in [0.05, 0.1) is 17.7 Å². The first kappa shape index (κ1) is 18.9. The Morgan fingerprint density at radius 2 is 2.03 bits per heavy atom. The van der Waals surface area contributed by atoms with Crippen molar-refractivity contribution in [1.29, 1.82) is 0 Å². The van der Waals surface area contributed by atoms with E-state index in [-0.39, 0.29) is 11.2 Å². The summed E-state index contributed by atoms with van der Waals surface area (Å²) in [4.78, 5) is 42.4. The van der Waals surface area contributed by atoms with E-state index in [9.17, 15) is 19.5 Å². The largest absolute Gasteiger partial charge is 0.481 e. The molecule has 8 heteroatoms. The third kappa shape index (κ3) is 2.69. The Balaban J connectivity index is 1.69. The van der Waals surface area contributed by atoms with Crippen LogP contribution < -0.4 is 5.43 Å². The molecule has 1 aliphatic heterocycles. The minimum Gasteiger partial charge on any atom is -0.481 e. The fraction of sp³-hybridized carbons (Fsp3) is 0.318. The van der Waals surface area contributed by atoms with Crippen LogP contribution in [0.3, 0.4) is 0 Å². The molecule has 1 unspecified atom stereocenters. The van der Waals surface area contributed by atoms with Crippen molar-refractivity contribution in [2.24, 2.45) is 5.41 Å². The van der Waals surface area contributed by atoms with E-state index in [4.69, 9.17) is 16.0 Å². The molecular formula is C22H19ClN2O5. The van der Waals surface area contributed by atoms with Crippen LogP contribution in [-0.4, -0.2) is 33.4 Å². The molecule has 1 saturated carbocycles. The Hall–Kier alpha value is -3.06. The summed E-state index contributed by atoms with van der Waals surface area (Å²) >= 11 is 6.19. The Kier molecular flexibility index (Phi) is 4.25. The van der Waals surface area contributed by atoms with E-state index in [1.54, 1.807) is 11.0 Å². The maximum absolute atomic E-state index is 13.3. The van der Waals surface area contributed by atoms with Gasteiger partial charge in [0.25, 0.3) is 5.91 Å². The first-order valence-corrected chi connectivity index (χ1v) is 10.2. The molecule has 30 heavy (non-hydrogen) atoms. The SMILES string of the molecule is O=C(c1cc(=O)cco1)N1CCc2c([nH]c3ccc(Cl)cc23)C1C1(C(=O)O)CCC1. The smallest absolute Gasteiger partial charge is 0.312 e. The van der Waals surface area contributed by atoms with E-state index in [0.29, 0.717) is 30.8 Å². The van der Waals surface area contributed by atoms with Gasteiger partial charge < -0.3 is 19.4 Å². The molecule has 154 valence electrons. The number of carboxylic acid groups (broad SMARTS) is 1. The van der Waals surface area contributed by atoms with Crippen LogP contribution in [0.4, 0.5) is 0 Å². The van der Waals surface area contributed by atoms with Crippen molar-refractivity contribution in [3.63, 3.8) is 0 Å². The van der Waals surface area contributed by atoms with Gasteiger partial charge in [0.15, 0.2) is 11.2 Å². The van der Waals surface area contributed by atoms with E-state index in [0.717, 1.165) is 34.6 Å². The Bertz CT molecular complexity index is 1240. The second-order valence-electron chi connectivity index (χ2n) is 8.00. The standard InChI is InChI=1S/C22H19ClN2O5/c23-12-2-3-16-15(10-12)14-4-8-25(20(27)17-11-13(26)5-9-30-17)19(18(14)24-16)22(21(28)29)6-1-7-22/h2-3,5,9-11,19,24H,1,4,6-8H2,(H,28,29). The van der Waals surface area contributed by atoms with E-state index in [2.05, 4.69) is 4.98 Å². The molecule has 3 heterocycles. The molecule has 0 radical (unpaired) electrons. The predicted molar refractivity (Wildman–Crippen MR) is 110 cm³/mol. The van der Waals surface area contributed by atoms with Crippen LogP contribution in [0.25, 0.3) is 10.9 Å². The van der Waals surface area contributed by atoms with Crippen LogP contribution in [0.1, 0.15) is 47.1 Å². The summed E-state index contributed by atoms with van der Waals surface area (Å²) in [5, 5.41) is 11.7. The van der Waals surface area contributed by atoms with Crippen LogP contribution in [-0.2, 0) is 11.2 Å². The van der Waals surface area contributed by atoms with Crippen LogP contribution >= 0.6 is 11.6 Å². The number of amides is 1. The fourth-order valence-electron chi connectivity index (χ4n) is 4.86. The molecule has 1 atom stereocenters. The summed E-state index contributed by atoms with van der Waals surface area (Å²) in [6.45, 7) is 0.323. The molecule has 2 aromatic heterocycles. The second kappa shape index (κ2) is 6.74. The van der Waals surface area contributed by atoms with Gasteiger partial charge in [0.1, 0.15) is 0 Å². The summed E-state index contributed by atoms with van der Waals surface area (Å²) in [6.07, 6.45) is 3.47. The maximum atomic E-state index is 13.3. The number of rotatable bonds is 3. The van der Waals surface area contributed by atoms with Crippen molar-refractivity contribution < 1.29 is 19.1 Å². The fourth-order valence-corrected chi connectivity index (χ4v) is 5.03. The molecule has 1 fully saturated rings. The highest BCUT2D eigenvalue weighted by Crippen LogP contribution is 2.55. The molecule has 2 aliphatic rings. The Morgan fingerprint density at radius 3 is 2.70 bits per heavy atom. The molecule has 1 amide bonds. The lowest BCUT2D eigenvalue weighted by molar-refractivity contribution is -0.161. The maximum Gasteiger partial charge on any atom is 0.312 e. The highest BCUT2D eigenvalue weighted by Gasteiger charge is 2.56. The third-order valence-electron chi connectivity index (χ3n) is 6.46. The van der Waals surface area contributed by atoms with Gasteiger partial charge in [-0.05, 0) is 43.0 Å². The summed E-state index contributed by atoms with van der Waals surface area (Å²) in [7, 11) is 0. The minimum absolute atomic E-state index is 0.0880. The number of benzene rings is 1. The zero-order chi connectivity index (χ0) is 21.0. The lowest BCUT2D eigenvalue weighted by atomic mass is 9.61. The monoisotopic (exact) mass is 426 g/mol. The summed E-state index contributed by atoms with van der Waals surface area (Å²) < 4.78 is 5.29. The number of carbonyl (C=O) groups excluding carboxylic acids is 1. The van der Waals surface area contributed by atoms with Crippen molar-refractivity contribution in [2.45, 2.75) is 31.7 Å². The van der Waals surface area contributed by atoms with Gasteiger partial charge in [-0.1, -0.05) is 18.0 Å². The molecule has 7 nitrogen and oxygen atoms in total. The number of halogens is 1. The van der Waals surface area contributed by atoms with Gasteiger partial charge >= 0.3 is 5.97 Å². The van der Waals surface area contributed by atoms with E-state index < -0.39 is 23.3 Å². The minimum atomic E-state index is -1.08. The zero-order valence-electron chi connectivity index (χ0n) is 16.0. The quantitative estimate of drug-likeness (QED) is 0.663. The number of H-pyrrole nitrogens is 1. The first-order valence-electron chi connectivity index (χ1n) is 9.84. The summed E-state index contributed by atoms with van der Waals surface area (Å²) in [5.74, 6) is -1.49. The first-order chi connectivity index (χ1) is 14.4. The number of carbonyl (C=O) groups is 2. The number of nitrogens with zero attached hydrogens (tertiary/aromatic N) is 1. The Labute approximate surface area is 176 Å². The van der Waals surface area contributed by atoms with Gasteiger partial charge in [0.2, 0.25) is 0 Å². The number of aromatic nitrogens is 1. The molecule has 3 aromatic rings. The summed E-state index contributed by atoms with van der Waals surface area (Å²) in [5.41, 5.74) is 1.16.